The van der Waals surface area contributed by atoms with E-state index in [1.165, 1.54) is 0 Å². The Balaban J connectivity index is 0.00000200. The molecule has 0 atom stereocenters. The molecule has 1 saturated carbocycles. The smallest absolute Gasteiger partial charge is 0.303 e. The summed E-state index contributed by atoms with van der Waals surface area (Å²) in [6.07, 6.45) is 4.46. The maximum Gasteiger partial charge on any atom is 0.303 e. The molecule has 0 spiro atoms. The van der Waals surface area contributed by atoms with Gasteiger partial charge in [0.15, 0.2) is 0 Å². The van der Waals surface area contributed by atoms with Gasteiger partial charge in [-0.3, -0.25) is 9.59 Å². The van der Waals surface area contributed by atoms with Crippen LogP contribution in [-0.4, -0.2) is 60.0 Å². The minimum Gasteiger partial charge on any atom is -0.481 e. The lowest BCUT2D eigenvalue weighted by Gasteiger charge is -2.35. The van der Waals surface area contributed by atoms with Gasteiger partial charge in [-0.25, -0.2) is 0 Å². The van der Waals surface area contributed by atoms with E-state index in [0.717, 1.165) is 51.9 Å². The largest absolute Gasteiger partial charge is 0.481 e. The predicted octanol–water partition coefficient (Wildman–Crippen LogP) is 1.61. The van der Waals surface area contributed by atoms with E-state index in [4.69, 9.17) is 5.11 Å². The number of rotatable bonds is 4. The second kappa shape index (κ2) is 7.27. The number of amides is 1. The first-order chi connectivity index (χ1) is 9.01. The fourth-order valence-electron chi connectivity index (χ4n) is 3.35. The minimum atomic E-state index is -0.770. The van der Waals surface area contributed by atoms with Gasteiger partial charge in [0.1, 0.15) is 0 Å². The molecule has 1 heterocycles. The van der Waals surface area contributed by atoms with Crippen LogP contribution in [0.1, 0.15) is 38.5 Å². The normalized spacial score (nSPS) is 22.4. The molecule has 1 aliphatic heterocycles. The van der Waals surface area contributed by atoms with E-state index < -0.39 is 5.97 Å². The average molecular weight is 305 g/mol. The summed E-state index contributed by atoms with van der Waals surface area (Å²) in [5.74, 6) is -0.621. The number of carbonyl (C=O) groups excluding carboxylic acids is 1. The van der Waals surface area contributed by atoms with E-state index in [0.29, 0.717) is 6.42 Å². The Morgan fingerprint density at radius 2 is 1.60 bits per heavy atom. The van der Waals surface area contributed by atoms with Crippen molar-refractivity contribution in [2.45, 2.75) is 38.5 Å². The van der Waals surface area contributed by atoms with Gasteiger partial charge in [-0.1, -0.05) is 12.8 Å². The fourth-order valence-corrected chi connectivity index (χ4v) is 3.35. The Bertz CT molecular complexity index is 348. The van der Waals surface area contributed by atoms with Crippen LogP contribution in [0, 0.1) is 5.41 Å². The lowest BCUT2D eigenvalue weighted by Crippen LogP contribution is -2.48. The van der Waals surface area contributed by atoms with Crippen LogP contribution in [0.3, 0.4) is 0 Å². The van der Waals surface area contributed by atoms with E-state index in [1.807, 2.05) is 4.90 Å². The summed E-state index contributed by atoms with van der Waals surface area (Å²) >= 11 is 0. The molecule has 1 amide bonds. The lowest BCUT2D eigenvalue weighted by atomic mass is 9.79. The molecule has 1 saturated heterocycles. The molecule has 0 radical (unpaired) electrons. The third-order valence-corrected chi connectivity index (χ3v) is 4.57. The number of carboxylic acids is 1. The monoisotopic (exact) mass is 304 g/mol. The zero-order chi connectivity index (χ0) is 13.9. The van der Waals surface area contributed by atoms with Gasteiger partial charge in [0.25, 0.3) is 0 Å². The maximum atomic E-state index is 12.4. The second-order valence-electron chi connectivity index (χ2n) is 6.14. The second-order valence-corrected chi connectivity index (χ2v) is 6.14. The molecule has 116 valence electrons. The summed E-state index contributed by atoms with van der Waals surface area (Å²) in [5.41, 5.74) is -0.272. The Kier molecular flexibility index (Phi) is 6.27. The Morgan fingerprint density at radius 3 is 2.10 bits per heavy atom. The van der Waals surface area contributed by atoms with Crippen LogP contribution >= 0.6 is 12.4 Å². The average Bonchev–Trinajstić information content (AvgIpc) is 2.77. The number of hydrogen-bond acceptors (Lipinski definition) is 3. The summed E-state index contributed by atoms with van der Waals surface area (Å²) in [6, 6.07) is 0. The molecule has 0 aromatic rings. The molecule has 20 heavy (non-hydrogen) atoms. The van der Waals surface area contributed by atoms with Gasteiger partial charge in [-0.2, -0.15) is 0 Å². The van der Waals surface area contributed by atoms with Crippen LogP contribution in [0.15, 0.2) is 0 Å². The molecule has 2 rings (SSSR count). The molecule has 6 heteroatoms. The third kappa shape index (κ3) is 4.35. The Labute approximate surface area is 126 Å². The van der Waals surface area contributed by atoms with Crippen LogP contribution in [-0.2, 0) is 9.59 Å². The predicted molar refractivity (Wildman–Crippen MR) is 79.1 cm³/mol. The van der Waals surface area contributed by atoms with E-state index >= 15 is 0 Å². The van der Waals surface area contributed by atoms with Crippen molar-refractivity contribution in [3.63, 3.8) is 0 Å². The molecule has 1 N–H and O–H groups in total. The highest BCUT2D eigenvalue weighted by molar-refractivity contribution is 5.85. The number of halogens is 1. The molecule has 0 unspecified atom stereocenters. The summed E-state index contributed by atoms with van der Waals surface area (Å²) in [4.78, 5) is 27.5. The molecule has 0 bridgehead atoms. The Hall–Kier alpha value is -0.810. The van der Waals surface area contributed by atoms with Crippen LogP contribution in [0.4, 0.5) is 0 Å². The highest BCUT2D eigenvalue weighted by atomic mass is 35.5. The summed E-state index contributed by atoms with van der Waals surface area (Å²) in [7, 11) is 2.06. The number of carboxylic acid groups (broad SMARTS) is 1. The van der Waals surface area contributed by atoms with Gasteiger partial charge in [-0.05, 0) is 25.3 Å². The van der Waals surface area contributed by atoms with Gasteiger partial charge in [0.05, 0.1) is 6.42 Å². The first-order valence-electron chi connectivity index (χ1n) is 7.19. The Morgan fingerprint density at radius 1 is 1.05 bits per heavy atom. The van der Waals surface area contributed by atoms with E-state index in [1.54, 1.807) is 0 Å². The zero-order valence-corrected chi connectivity index (χ0v) is 13.0. The summed E-state index contributed by atoms with van der Waals surface area (Å²) < 4.78 is 0. The van der Waals surface area contributed by atoms with Crippen molar-refractivity contribution in [1.82, 2.24) is 9.80 Å². The summed E-state index contributed by atoms with van der Waals surface area (Å²) in [6.45, 7) is 3.38. The summed E-state index contributed by atoms with van der Waals surface area (Å²) in [5, 5.41) is 9.07. The van der Waals surface area contributed by atoms with Crippen LogP contribution in [0.25, 0.3) is 0 Å². The van der Waals surface area contributed by atoms with Crippen LogP contribution in [0.2, 0.25) is 0 Å². The SMILES string of the molecule is CN1CCN(C(=O)CC2(CC(=O)O)CCCC2)CC1.Cl. The van der Waals surface area contributed by atoms with Crippen LogP contribution < -0.4 is 0 Å². The maximum absolute atomic E-state index is 12.4. The zero-order valence-electron chi connectivity index (χ0n) is 12.1. The van der Waals surface area contributed by atoms with Gasteiger partial charge >= 0.3 is 5.97 Å². The van der Waals surface area contributed by atoms with Crippen molar-refractivity contribution in [3.8, 4) is 0 Å². The van der Waals surface area contributed by atoms with E-state index in [-0.39, 0.29) is 30.2 Å². The topological polar surface area (TPSA) is 60.9 Å². The van der Waals surface area contributed by atoms with Crippen molar-refractivity contribution < 1.29 is 14.7 Å². The van der Waals surface area contributed by atoms with E-state index in [2.05, 4.69) is 11.9 Å². The van der Waals surface area contributed by atoms with Crippen molar-refractivity contribution in [2.75, 3.05) is 33.2 Å². The molecular weight excluding hydrogens is 280 g/mol. The van der Waals surface area contributed by atoms with Crippen molar-refractivity contribution in [3.05, 3.63) is 0 Å². The molecule has 0 aromatic heterocycles. The van der Waals surface area contributed by atoms with E-state index in [9.17, 15) is 9.59 Å². The number of aliphatic carboxylic acids is 1. The molecule has 2 aliphatic rings. The number of likely N-dealkylation sites (N-methyl/N-ethyl adjacent to an activating group) is 1. The number of nitrogens with zero attached hydrogens (tertiary/aromatic N) is 2. The van der Waals surface area contributed by atoms with Gasteiger partial charge in [0.2, 0.25) is 5.91 Å². The number of carbonyl (C=O) groups is 2. The molecule has 5 nitrogen and oxygen atoms in total. The third-order valence-electron chi connectivity index (χ3n) is 4.57. The minimum absolute atomic E-state index is 0. The molecule has 0 aromatic carbocycles. The highest BCUT2D eigenvalue weighted by Crippen LogP contribution is 2.44. The van der Waals surface area contributed by atoms with Crippen molar-refractivity contribution >= 4 is 24.3 Å². The van der Waals surface area contributed by atoms with Gasteiger partial charge in [0, 0.05) is 32.6 Å². The van der Waals surface area contributed by atoms with Gasteiger partial charge in [-0.15, -0.1) is 12.4 Å². The van der Waals surface area contributed by atoms with Gasteiger partial charge < -0.3 is 14.9 Å². The quantitative estimate of drug-likeness (QED) is 0.857. The highest BCUT2D eigenvalue weighted by Gasteiger charge is 2.39. The van der Waals surface area contributed by atoms with Crippen LogP contribution in [0.5, 0.6) is 0 Å². The first-order valence-corrected chi connectivity index (χ1v) is 7.19. The standard InChI is InChI=1S/C14H24N2O3.ClH/c1-15-6-8-16(9-7-15)12(17)10-14(11-13(18)19)4-2-3-5-14;/h2-11H2,1H3,(H,18,19);1H. The van der Waals surface area contributed by atoms with Crippen molar-refractivity contribution in [1.29, 1.82) is 0 Å². The van der Waals surface area contributed by atoms with Crippen molar-refractivity contribution in [2.24, 2.45) is 5.41 Å². The lowest BCUT2D eigenvalue weighted by molar-refractivity contribution is -0.141. The fraction of sp³-hybridized carbons (Fsp3) is 0.857. The molecule has 2 fully saturated rings. The number of piperazine rings is 1. The molecule has 1 aliphatic carbocycles. The molecular formula is C14H25ClN2O3. The first kappa shape index (κ1) is 17.2. The number of hydrogen-bond donors (Lipinski definition) is 1.